The number of nitrogens with zero attached hydrogens (tertiary/aromatic N) is 1. The number of ether oxygens (including phenoxy) is 2. The van der Waals surface area contributed by atoms with Crippen molar-refractivity contribution in [2.75, 3.05) is 25.8 Å². The van der Waals surface area contributed by atoms with Crippen LogP contribution < -0.4 is 10.1 Å². The Morgan fingerprint density at radius 2 is 1.90 bits per heavy atom. The summed E-state index contributed by atoms with van der Waals surface area (Å²) in [6.45, 7) is 0.0848. The van der Waals surface area contributed by atoms with Crippen LogP contribution in [0.5, 0.6) is 5.75 Å². The molecule has 2 amide bonds. The van der Waals surface area contributed by atoms with E-state index in [1.807, 2.05) is 24.5 Å². The third-order valence-electron chi connectivity index (χ3n) is 4.83. The zero-order valence-corrected chi connectivity index (χ0v) is 17.4. The molecule has 1 aliphatic heterocycles. The first kappa shape index (κ1) is 21.9. The minimum atomic E-state index is -1.14. The molecule has 1 saturated heterocycles. The number of alkyl carbamates (subject to hydrolysis) is 1. The number of halogens is 2. The van der Waals surface area contributed by atoms with Crippen LogP contribution in [0, 0.1) is 11.6 Å². The van der Waals surface area contributed by atoms with Crippen molar-refractivity contribution in [1.82, 2.24) is 10.2 Å². The number of carbonyl (C=O) groups excluding carboxylic acids is 2. The Bertz CT molecular complexity index is 890. The molecule has 6 nitrogen and oxygen atoms in total. The molecule has 1 aliphatic rings. The monoisotopic (exact) mass is 436 g/mol. The molecule has 9 heteroatoms. The molecule has 3 rings (SSSR count). The highest BCUT2D eigenvalue weighted by Crippen LogP contribution is 2.34. The minimum absolute atomic E-state index is 0.0119. The Hall–Kier alpha value is -2.81. The first-order valence-corrected chi connectivity index (χ1v) is 10.6. The average Bonchev–Trinajstić information content (AvgIpc) is 3.02. The van der Waals surface area contributed by atoms with E-state index in [4.69, 9.17) is 9.47 Å². The van der Waals surface area contributed by atoms with Crippen LogP contribution in [-0.2, 0) is 16.1 Å². The SMILES string of the molecule is COc1cc(F)c([C@@H]2CN(CSC)C(=O)[C@H]2NC(=O)OCc2ccccc2)c(F)c1. The quantitative estimate of drug-likeness (QED) is 0.720. The molecule has 160 valence electrons. The topological polar surface area (TPSA) is 67.9 Å². The van der Waals surface area contributed by atoms with E-state index < -0.39 is 35.6 Å². The third kappa shape index (κ3) is 4.84. The standard InChI is InChI=1S/C21H22F2N2O4S/c1-28-14-8-16(22)18(17(23)9-14)15-10-25(12-30-2)20(26)19(15)24-21(27)29-11-13-6-4-3-5-7-13/h3-9,15,19H,10-12H2,1-2H3,(H,24,27)/t15-,19-/m0/s1. The van der Waals surface area contributed by atoms with E-state index in [1.165, 1.54) is 23.8 Å². The first-order valence-electron chi connectivity index (χ1n) is 9.22. The molecule has 0 aromatic heterocycles. The molecule has 2 aromatic carbocycles. The molecule has 30 heavy (non-hydrogen) atoms. The lowest BCUT2D eigenvalue weighted by Gasteiger charge is -2.20. The molecule has 0 radical (unpaired) electrons. The van der Waals surface area contributed by atoms with Gasteiger partial charge in [0.15, 0.2) is 0 Å². The molecule has 0 saturated carbocycles. The van der Waals surface area contributed by atoms with Gasteiger partial charge < -0.3 is 19.7 Å². The van der Waals surface area contributed by atoms with E-state index in [9.17, 15) is 18.4 Å². The van der Waals surface area contributed by atoms with E-state index in [-0.39, 0.29) is 24.5 Å². The normalized spacial score (nSPS) is 18.4. The van der Waals surface area contributed by atoms with Gasteiger partial charge in [-0.25, -0.2) is 13.6 Å². The summed E-state index contributed by atoms with van der Waals surface area (Å²) in [6.07, 6.45) is 0.980. The smallest absolute Gasteiger partial charge is 0.408 e. The third-order valence-corrected chi connectivity index (χ3v) is 5.40. The summed E-state index contributed by atoms with van der Waals surface area (Å²) in [4.78, 5) is 26.6. The van der Waals surface area contributed by atoms with Gasteiger partial charge in [0.25, 0.3) is 0 Å². The molecule has 2 aromatic rings. The molecule has 1 N–H and O–H groups in total. The summed E-state index contributed by atoms with van der Waals surface area (Å²) in [5.41, 5.74) is 0.513. The van der Waals surface area contributed by atoms with E-state index in [1.54, 1.807) is 12.1 Å². The predicted octanol–water partition coefficient (Wildman–Crippen LogP) is 3.51. The van der Waals surface area contributed by atoms with Crippen LogP contribution in [0.3, 0.4) is 0 Å². The van der Waals surface area contributed by atoms with Gasteiger partial charge in [-0.1, -0.05) is 30.3 Å². The Morgan fingerprint density at radius 1 is 1.23 bits per heavy atom. The van der Waals surface area contributed by atoms with Crippen LogP contribution in [0.25, 0.3) is 0 Å². The average molecular weight is 436 g/mol. The molecule has 1 fully saturated rings. The molecular formula is C21H22F2N2O4S. The summed E-state index contributed by atoms with van der Waals surface area (Å²) in [5.74, 6) is -2.61. The van der Waals surface area contributed by atoms with Crippen molar-refractivity contribution >= 4 is 23.8 Å². The molecule has 0 bridgehead atoms. The molecule has 2 atom stereocenters. The summed E-state index contributed by atoms with van der Waals surface area (Å²) < 4.78 is 39.4. The van der Waals surface area contributed by atoms with Crippen LogP contribution in [0.1, 0.15) is 17.0 Å². The maximum Gasteiger partial charge on any atom is 0.408 e. The summed E-state index contributed by atoms with van der Waals surface area (Å²) in [6, 6.07) is 10.0. The second-order valence-corrected chi connectivity index (χ2v) is 7.61. The van der Waals surface area contributed by atoms with Gasteiger partial charge in [0.2, 0.25) is 5.91 Å². The number of rotatable bonds is 7. The van der Waals surface area contributed by atoms with Gasteiger partial charge in [-0.15, -0.1) is 11.8 Å². The van der Waals surface area contributed by atoms with Crippen LogP contribution in [0.15, 0.2) is 42.5 Å². The van der Waals surface area contributed by atoms with Gasteiger partial charge in [0.1, 0.15) is 30.0 Å². The molecule has 0 unspecified atom stereocenters. The van der Waals surface area contributed by atoms with Crippen molar-refractivity contribution in [3.05, 3.63) is 65.2 Å². The Labute approximate surface area is 177 Å². The van der Waals surface area contributed by atoms with Crippen LogP contribution in [0.2, 0.25) is 0 Å². The fraction of sp³-hybridized carbons (Fsp3) is 0.333. The predicted molar refractivity (Wildman–Crippen MR) is 109 cm³/mol. The largest absolute Gasteiger partial charge is 0.497 e. The van der Waals surface area contributed by atoms with E-state index in [0.29, 0.717) is 5.88 Å². The second kappa shape index (κ2) is 9.80. The van der Waals surface area contributed by atoms with Gasteiger partial charge >= 0.3 is 6.09 Å². The van der Waals surface area contributed by atoms with Crippen molar-refractivity contribution in [2.45, 2.75) is 18.6 Å². The highest BCUT2D eigenvalue weighted by Gasteiger charge is 2.44. The summed E-state index contributed by atoms with van der Waals surface area (Å²) in [7, 11) is 1.31. The minimum Gasteiger partial charge on any atom is -0.497 e. The number of nitrogens with one attached hydrogen (secondary N) is 1. The van der Waals surface area contributed by atoms with E-state index in [2.05, 4.69) is 5.32 Å². The Morgan fingerprint density at radius 3 is 2.50 bits per heavy atom. The Kier molecular flexibility index (Phi) is 7.15. The fourth-order valence-corrected chi connectivity index (χ4v) is 3.96. The molecule has 0 aliphatic carbocycles. The number of benzene rings is 2. The lowest BCUT2D eigenvalue weighted by atomic mass is 9.93. The summed E-state index contributed by atoms with van der Waals surface area (Å²) in [5, 5.41) is 2.49. The lowest BCUT2D eigenvalue weighted by molar-refractivity contribution is -0.128. The van der Waals surface area contributed by atoms with Gasteiger partial charge in [-0.2, -0.15) is 0 Å². The second-order valence-electron chi connectivity index (χ2n) is 6.77. The molecule has 1 heterocycles. The van der Waals surface area contributed by atoms with Crippen LogP contribution >= 0.6 is 11.8 Å². The van der Waals surface area contributed by atoms with Crippen LogP contribution in [0.4, 0.5) is 13.6 Å². The molecular weight excluding hydrogens is 414 g/mol. The van der Waals surface area contributed by atoms with Crippen molar-refractivity contribution < 1.29 is 27.8 Å². The number of hydrogen-bond donors (Lipinski definition) is 1. The maximum absolute atomic E-state index is 14.7. The number of hydrogen-bond acceptors (Lipinski definition) is 5. The van der Waals surface area contributed by atoms with E-state index >= 15 is 0 Å². The maximum atomic E-state index is 14.7. The fourth-order valence-electron chi connectivity index (χ4n) is 3.42. The van der Waals surface area contributed by atoms with Gasteiger partial charge in [0.05, 0.1) is 13.0 Å². The highest BCUT2D eigenvalue weighted by molar-refractivity contribution is 7.98. The highest BCUT2D eigenvalue weighted by atomic mass is 32.2. The zero-order chi connectivity index (χ0) is 21.7. The van der Waals surface area contributed by atoms with Crippen molar-refractivity contribution in [3.63, 3.8) is 0 Å². The van der Waals surface area contributed by atoms with Crippen LogP contribution in [-0.4, -0.2) is 48.7 Å². The van der Waals surface area contributed by atoms with Gasteiger partial charge in [-0.3, -0.25) is 4.79 Å². The van der Waals surface area contributed by atoms with E-state index in [0.717, 1.165) is 17.7 Å². The number of carbonyl (C=O) groups is 2. The van der Waals surface area contributed by atoms with Crippen molar-refractivity contribution in [1.29, 1.82) is 0 Å². The number of methoxy groups -OCH3 is 1. The molecule has 0 spiro atoms. The first-order chi connectivity index (χ1) is 14.4. The summed E-state index contributed by atoms with van der Waals surface area (Å²) >= 11 is 1.40. The number of thioether (sulfide) groups is 1. The Balaban J connectivity index is 1.80. The van der Waals surface area contributed by atoms with Crippen molar-refractivity contribution in [3.8, 4) is 5.75 Å². The number of likely N-dealkylation sites (tertiary alicyclic amines) is 1. The van der Waals surface area contributed by atoms with Crippen molar-refractivity contribution in [2.24, 2.45) is 0 Å². The lowest BCUT2D eigenvalue weighted by Crippen LogP contribution is -2.44. The zero-order valence-electron chi connectivity index (χ0n) is 16.6. The van der Waals surface area contributed by atoms with Gasteiger partial charge in [0, 0.05) is 30.2 Å². The number of amides is 2. The van der Waals surface area contributed by atoms with Gasteiger partial charge in [-0.05, 0) is 11.8 Å².